The van der Waals surface area contributed by atoms with Crippen LogP contribution < -0.4 is 5.32 Å². The summed E-state index contributed by atoms with van der Waals surface area (Å²) in [7, 11) is 0. The van der Waals surface area contributed by atoms with Crippen molar-refractivity contribution in [3.63, 3.8) is 0 Å². The highest BCUT2D eigenvalue weighted by Crippen LogP contribution is 2.10. The van der Waals surface area contributed by atoms with Gasteiger partial charge < -0.3 is 5.32 Å². The van der Waals surface area contributed by atoms with Gasteiger partial charge in [0.1, 0.15) is 0 Å². The van der Waals surface area contributed by atoms with E-state index in [1.807, 2.05) is 0 Å². The normalized spacial score (nSPS) is 17.9. The number of rotatable bonds is 4. The first kappa shape index (κ1) is 11.4. The monoisotopic (exact) mass is 216 g/mol. The molecule has 0 unspecified atom stereocenters. The van der Waals surface area contributed by atoms with E-state index in [2.05, 4.69) is 53.5 Å². The maximum atomic E-state index is 3.36. The van der Waals surface area contributed by atoms with E-state index in [4.69, 9.17) is 0 Å². The summed E-state index contributed by atoms with van der Waals surface area (Å²) in [6, 6.07) is 10.7. The molecule has 0 radical (unpaired) electrons. The van der Waals surface area contributed by atoms with E-state index in [1.165, 1.54) is 17.7 Å². The molecule has 0 aliphatic carbocycles. The molecular weight excluding hydrogens is 196 g/mol. The maximum absolute atomic E-state index is 3.36. The van der Waals surface area contributed by atoms with Crippen LogP contribution in [0.1, 0.15) is 12.5 Å². The van der Waals surface area contributed by atoms with E-state index in [9.17, 15) is 0 Å². The van der Waals surface area contributed by atoms with Crippen LogP contribution >= 0.6 is 0 Å². The van der Waals surface area contributed by atoms with Gasteiger partial charge in [0.2, 0.25) is 0 Å². The molecule has 0 spiro atoms. The van der Waals surface area contributed by atoms with Crippen molar-refractivity contribution in [1.82, 2.24) is 10.2 Å². The fraction of sp³-hybridized carbons (Fsp3) is 0.429. The van der Waals surface area contributed by atoms with Crippen LogP contribution in [0.25, 0.3) is 0 Å². The molecule has 1 saturated heterocycles. The van der Waals surface area contributed by atoms with Crippen LogP contribution in [0.5, 0.6) is 0 Å². The number of allylic oxidation sites excluding steroid dienone is 1. The smallest absolute Gasteiger partial charge is 0.0484 e. The van der Waals surface area contributed by atoms with Crippen molar-refractivity contribution >= 4 is 0 Å². The van der Waals surface area contributed by atoms with Gasteiger partial charge in [0.05, 0.1) is 0 Å². The van der Waals surface area contributed by atoms with Gasteiger partial charge in [-0.25, -0.2) is 0 Å². The third-order valence-corrected chi connectivity index (χ3v) is 3.05. The molecule has 1 fully saturated rings. The van der Waals surface area contributed by atoms with Gasteiger partial charge in [-0.05, 0) is 18.9 Å². The SMILES string of the molecule is CC=C(Cc1ccccc1)CN1CCNC1. The molecule has 1 aliphatic heterocycles. The van der Waals surface area contributed by atoms with Crippen molar-refractivity contribution < 1.29 is 0 Å². The van der Waals surface area contributed by atoms with Crippen molar-refractivity contribution in [2.75, 3.05) is 26.3 Å². The molecule has 2 heteroatoms. The van der Waals surface area contributed by atoms with Crippen LogP contribution in [0.15, 0.2) is 42.0 Å². The minimum Gasteiger partial charge on any atom is -0.303 e. The van der Waals surface area contributed by atoms with E-state index >= 15 is 0 Å². The number of hydrogen-bond donors (Lipinski definition) is 1. The quantitative estimate of drug-likeness (QED) is 0.775. The number of benzene rings is 1. The third-order valence-electron chi connectivity index (χ3n) is 3.05. The van der Waals surface area contributed by atoms with E-state index in [-0.39, 0.29) is 0 Å². The molecule has 0 amide bonds. The molecule has 0 saturated carbocycles. The van der Waals surface area contributed by atoms with Crippen molar-refractivity contribution in [3.8, 4) is 0 Å². The molecule has 0 bridgehead atoms. The summed E-state index contributed by atoms with van der Waals surface area (Å²) >= 11 is 0. The highest BCUT2D eigenvalue weighted by Gasteiger charge is 2.11. The van der Waals surface area contributed by atoms with Crippen LogP contribution in [0, 0.1) is 0 Å². The Bertz CT molecular complexity index is 337. The van der Waals surface area contributed by atoms with Crippen LogP contribution in [-0.2, 0) is 6.42 Å². The molecular formula is C14H20N2. The number of hydrogen-bond acceptors (Lipinski definition) is 2. The first-order valence-electron chi connectivity index (χ1n) is 5.99. The standard InChI is InChI=1S/C14H20N2/c1-2-13(11-16-9-8-15-12-16)10-14-6-4-3-5-7-14/h2-7,15H,8-12H2,1H3. The summed E-state index contributed by atoms with van der Waals surface area (Å²) < 4.78 is 0. The fourth-order valence-corrected chi connectivity index (χ4v) is 2.08. The lowest BCUT2D eigenvalue weighted by Crippen LogP contribution is -2.25. The van der Waals surface area contributed by atoms with Gasteiger partial charge in [-0.2, -0.15) is 0 Å². The second-order valence-electron chi connectivity index (χ2n) is 4.32. The van der Waals surface area contributed by atoms with E-state index in [0.29, 0.717) is 0 Å². The molecule has 16 heavy (non-hydrogen) atoms. The highest BCUT2D eigenvalue weighted by atomic mass is 15.3. The topological polar surface area (TPSA) is 15.3 Å². The summed E-state index contributed by atoms with van der Waals surface area (Å²) in [6.45, 7) is 6.57. The van der Waals surface area contributed by atoms with E-state index in [1.54, 1.807) is 0 Å². The zero-order valence-electron chi connectivity index (χ0n) is 9.95. The lowest BCUT2D eigenvalue weighted by molar-refractivity contribution is 0.361. The van der Waals surface area contributed by atoms with Gasteiger partial charge in [0.25, 0.3) is 0 Å². The van der Waals surface area contributed by atoms with Gasteiger partial charge >= 0.3 is 0 Å². The Morgan fingerprint density at radius 2 is 2.19 bits per heavy atom. The first-order valence-corrected chi connectivity index (χ1v) is 5.99. The second-order valence-corrected chi connectivity index (χ2v) is 4.32. The Balaban J connectivity index is 1.91. The highest BCUT2D eigenvalue weighted by molar-refractivity contribution is 5.22. The van der Waals surface area contributed by atoms with Gasteiger partial charge in [0, 0.05) is 26.3 Å². The lowest BCUT2D eigenvalue weighted by Gasteiger charge is -2.16. The van der Waals surface area contributed by atoms with Crippen molar-refractivity contribution in [3.05, 3.63) is 47.5 Å². The van der Waals surface area contributed by atoms with Crippen LogP contribution in [0.3, 0.4) is 0 Å². The predicted octanol–water partition coefficient (Wildman–Crippen LogP) is 2.04. The Labute approximate surface area is 98.0 Å². The molecule has 86 valence electrons. The third kappa shape index (κ3) is 3.19. The minimum absolute atomic E-state index is 1.03. The van der Waals surface area contributed by atoms with Crippen molar-refractivity contribution in [2.24, 2.45) is 0 Å². The van der Waals surface area contributed by atoms with Gasteiger partial charge in [-0.3, -0.25) is 4.90 Å². The number of nitrogens with zero attached hydrogens (tertiary/aromatic N) is 1. The molecule has 1 aliphatic rings. The zero-order valence-corrected chi connectivity index (χ0v) is 9.95. The fourth-order valence-electron chi connectivity index (χ4n) is 2.08. The van der Waals surface area contributed by atoms with E-state index < -0.39 is 0 Å². The Morgan fingerprint density at radius 1 is 1.38 bits per heavy atom. The molecule has 0 aromatic heterocycles. The number of nitrogens with one attached hydrogen (secondary N) is 1. The minimum atomic E-state index is 1.03. The van der Waals surface area contributed by atoms with Gasteiger partial charge in [-0.15, -0.1) is 0 Å². The zero-order chi connectivity index (χ0) is 11.2. The van der Waals surface area contributed by atoms with Crippen LogP contribution in [0.4, 0.5) is 0 Å². The molecule has 2 nitrogen and oxygen atoms in total. The molecule has 0 atom stereocenters. The van der Waals surface area contributed by atoms with Gasteiger partial charge in [-0.1, -0.05) is 42.0 Å². The molecule has 1 aromatic rings. The average molecular weight is 216 g/mol. The summed E-state index contributed by atoms with van der Waals surface area (Å²) in [5.41, 5.74) is 2.91. The summed E-state index contributed by atoms with van der Waals surface area (Å²) in [5.74, 6) is 0. The van der Waals surface area contributed by atoms with Crippen molar-refractivity contribution in [2.45, 2.75) is 13.3 Å². The molecule has 1 heterocycles. The van der Waals surface area contributed by atoms with Gasteiger partial charge in [0.15, 0.2) is 0 Å². The summed E-state index contributed by atoms with van der Waals surface area (Å²) in [5, 5.41) is 3.36. The summed E-state index contributed by atoms with van der Waals surface area (Å²) in [4.78, 5) is 2.46. The first-order chi connectivity index (χ1) is 7.88. The average Bonchev–Trinajstić information content (AvgIpc) is 2.82. The van der Waals surface area contributed by atoms with Crippen LogP contribution in [-0.4, -0.2) is 31.2 Å². The Kier molecular flexibility index (Phi) is 4.14. The second kappa shape index (κ2) is 5.83. The van der Waals surface area contributed by atoms with E-state index in [0.717, 1.165) is 26.2 Å². The Morgan fingerprint density at radius 3 is 2.81 bits per heavy atom. The Hall–Kier alpha value is -1.12. The maximum Gasteiger partial charge on any atom is 0.0484 e. The predicted molar refractivity (Wildman–Crippen MR) is 68.3 cm³/mol. The van der Waals surface area contributed by atoms with Crippen LogP contribution in [0.2, 0.25) is 0 Å². The molecule has 2 rings (SSSR count). The lowest BCUT2D eigenvalue weighted by atomic mass is 10.0. The largest absolute Gasteiger partial charge is 0.303 e. The van der Waals surface area contributed by atoms with Crippen molar-refractivity contribution in [1.29, 1.82) is 0 Å². The summed E-state index contributed by atoms with van der Waals surface area (Å²) in [6.07, 6.45) is 3.33. The molecule has 1 aromatic carbocycles. The molecule has 1 N–H and O–H groups in total.